The maximum Gasteiger partial charge on any atom is 0.332 e. The normalized spacial score (nSPS) is 11.9. The van der Waals surface area contributed by atoms with Crippen LogP contribution in [-0.2, 0) is 17.8 Å². The van der Waals surface area contributed by atoms with Crippen molar-refractivity contribution in [1.29, 1.82) is 0 Å². The second-order valence-corrected chi connectivity index (χ2v) is 4.81. The number of aryl methyl sites for hydroxylation is 1. The van der Waals surface area contributed by atoms with E-state index in [1.165, 1.54) is 0 Å². The van der Waals surface area contributed by atoms with Crippen LogP contribution in [0.1, 0.15) is 17.5 Å². The summed E-state index contributed by atoms with van der Waals surface area (Å²) >= 11 is 0. The van der Waals surface area contributed by atoms with Crippen molar-refractivity contribution in [3.8, 4) is 5.75 Å². The van der Waals surface area contributed by atoms with Gasteiger partial charge in [0.05, 0.1) is 0 Å². The van der Waals surface area contributed by atoms with Gasteiger partial charge in [0.2, 0.25) is 0 Å². The summed E-state index contributed by atoms with van der Waals surface area (Å²) in [7, 11) is 0. The smallest absolute Gasteiger partial charge is 0.332 e. The van der Waals surface area contributed by atoms with Crippen LogP contribution in [0.25, 0.3) is 0 Å². The van der Waals surface area contributed by atoms with Crippen molar-refractivity contribution in [1.82, 2.24) is 0 Å². The van der Waals surface area contributed by atoms with Crippen LogP contribution in [0, 0.1) is 0 Å². The molecular weight excluding hydrogens is 268 g/mol. The molecule has 0 radical (unpaired) electrons. The van der Waals surface area contributed by atoms with Crippen LogP contribution in [0.3, 0.4) is 0 Å². The minimum absolute atomic E-state index is 0.208. The number of hydrogen-bond donors (Lipinski definition) is 2. The largest absolute Gasteiger partial charge is 0.489 e. The number of aliphatic hydroxyl groups excluding tert-OH is 1. The highest BCUT2D eigenvalue weighted by molar-refractivity contribution is 5.71. The number of carbonyl (C=O) groups is 1. The number of benzene rings is 2. The lowest BCUT2D eigenvalue weighted by molar-refractivity contribution is -0.146. The van der Waals surface area contributed by atoms with Crippen molar-refractivity contribution in [2.75, 3.05) is 0 Å². The lowest BCUT2D eigenvalue weighted by atomic mass is 10.1. The predicted octanol–water partition coefficient (Wildman–Crippen LogP) is 2.64. The molecule has 4 nitrogen and oxygen atoms in total. The first-order valence-electron chi connectivity index (χ1n) is 6.81. The fourth-order valence-electron chi connectivity index (χ4n) is 1.92. The molecule has 2 aromatic carbocycles. The van der Waals surface area contributed by atoms with Gasteiger partial charge in [-0.2, -0.15) is 0 Å². The highest BCUT2D eigenvalue weighted by Crippen LogP contribution is 2.15. The number of ether oxygens (including phenoxy) is 1. The molecule has 1 atom stereocenters. The van der Waals surface area contributed by atoms with E-state index in [4.69, 9.17) is 9.84 Å². The Labute approximate surface area is 123 Å². The van der Waals surface area contributed by atoms with Gasteiger partial charge in [-0.15, -0.1) is 0 Å². The Morgan fingerprint density at radius 3 is 2.29 bits per heavy atom. The van der Waals surface area contributed by atoms with E-state index >= 15 is 0 Å². The van der Waals surface area contributed by atoms with Gasteiger partial charge in [0.1, 0.15) is 12.4 Å². The van der Waals surface area contributed by atoms with Crippen LogP contribution in [0.2, 0.25) is 0 Å². The van der Waals surface area contributed by atoms with Gasteiger partial charge in [0.15, 0.2) is 6.10 Å². The van der Waals surface area contributed by atoms with Crippen molar-refractivity contribution in [3.05, 3.63) is 65.7 Å². The third kappa shape index (κ3) is 4.93. The van der Waals surface area contributed by atoms with Gasteiger partial charge >= 0.3 is 5.97 Å². The Morgan fingerprint density at radius 2 is 1.67 bits per heavy atom. The molecule has 21 heavy (non-hydrogen) atoms. The van der Waals surface area contributed by atoms with E-state index in [1.807, 2.05) is 54.6 Å². The average molecular weight is 286 g/mol. The Bertz CT molecular complexity index is 563. The fourth-order valence-corrected chi connectivity index (χ4v) is 1.92. The lowest BCUT2D eigenvalue weighted by Gasteiger charge is -2.08. The molecule has 0 aliphatic rings. The van der Waals surface area contributed by atoms with Crippen LogP contribution in [0.15, 0.2) is 54.6 Å². The van der Waals surface area contributed by atoms with E-state index in [9.17, 15) is 9.90 Å². The third-order valence-electron chi connectivity index (χ3n) is 3.16. The summed E-state index contributed by atoms with van der Waals surface area (Å²) in [6, 6.07) is 17.4. The van der Waals surface area contributed by atoms with Gasteiger partial charge in [0, 0.05) is 0 Å². The van der Waals surface area contributed by atoms with Gasteiger partial charge in [0.25, 0.3) is 0 Å². The maximum absolute atomic E-state index is 10.5. The van der Waals surface area contributed by atoms with Crippen molar-refractivity contribution in [2.45, 2.75) is 25.6 Å². The Hall–Kier alpha value is -2.33. The van der Waals surface area contributed by atoms with Crippen LogP contribution in [0.4, 0.5) is 0 Å². The topological polar surface area (TPSA) is 66.8 Å². The molecule has 0 aliphatic carbocycles. The molecular formula is C17H18O4. The number of aliphatic carboxylic acids is 1. The van der Waals surface area contributed by atoms with Gasteiger partial charge in [-0.25, -0.2) is 4.79 Å². The molecule has 0 spiro atoms. The van der Waals surface area contributed by atoms with E-state index in [-0.39, 0.29) is 6.42 Å². The van der Waals surface area contributed by atoms with Gasteiger partial charge < -0.3 is 14.9 Å². The molecule has 0 unspecified atom stereocenters. The van der Waals surface area contributed by atoms with Crippen molar-refractivity contribution < 1.29 is 19.7 Å². The van der Waals surface area contributed by atoms with Crippen LogP contribution in [0.5, 0.6) is 5.75 Å². The molecule has 2 N–H and O–H groups in total. The predicted molar refractivity (Wildman–Crippen MR) is 79.2 cm³/mol. The van der Waals surface area contributed by atoms with E-state index in [0.717, 1.165) is 16.9 Å². The first-order chi connectivity index (χ1) is 10.1. The molecule has 0 bridgehead atoms. The van der Waals surface area contributed by atoms with Gasteiger partial charge in [-0.05, 0) is 36.1 Å². The number of rotatable bonds is 7. The summed E-state index contributed by atoms with van der Waals surface area (Å²) in [5.74, 6) is -0.417. The van der Waals surface area contributed by atoms with Crippen LogP contribution < -0.4 is 4.74 Å². The summed E-state index contributed by atoms with van der Waals surface area (Å²) < 4.78 is 5.67. The molecule has 0 saturated carbocycles. The second-order valence-electron chi connectivity index (χ2n) is 4.81. The standard InChI is InChI=1S/C17H18O4/c18-16(17(19)20)11-8-13-6-9-15(10-7-13)21-12-14-4-2-1-3-5-14/h1-7,9-10,16,18H,8,11-12H2,(H,19,20)/t16-/m1/s1. The molecule has 0 aromatic heterocycles. The molecule has 4 heteroatoms. The van der Waals surface area contributed by atoms with Gasteiger partial charge in [-0.1, -0.05) is 42.5 Å². The monoisotopic (exact) mass is 286 g/mol. The molecule has 0 aliphatic heterocycles. The summed E-state index contributed by atoms with van der Waals surface area (Å²) in [5.41, 5.74) is 2.08. The highest BCUT2D eigenvalue weighted by Gasteiger charge is 2.12. The van der Waals surface area contributed by atoms with Crippen molar-refractivity contribution in [3.63, 3.8) is 0 Å². The van der Waals surface area contributed by atoms with Crippen molar-refractivity contribution >= 4 is 5.97 Å². The second kappa shape index (κ2) is 7.45. The van der Waals surface area contributed by atoms with E-state index in [1.54, 1.807) is 0 Å². The van der Waals surface area contributed by atoms with Crippen molar-refractivity contribution in [2.24, 2.45) is 0 Å². The van der Waals surface area contributed by atoms with E-state index in [0.29, 0.717) is 13.0 Å². The van der Waals surface area contributed by atoms with Gasteiger partial charge in [-0.3, -0.25) is 0 Å². The summed E-state index contributed by atoms with van der Waals surface area (Å²) in [6.45, 7) is 0.512. The first-order valence-corrected chi connectivity index (χ1v) is 6.81. The molecule has 0 saturated heterocycles. The maximum atomic E-state index is 10.5. The quantitative estimate of drug-likeness (QED) is 0.821. The summed E-state index contributed by atoms with van der Waals surface area (Å²) in [5, 5.41) is 17.8. The SMILES string of the molecule is O=C(O)[C@H](O)CCc1ccc(OCc2ccccc2)cc1. The minimum atomic E-state index is -1.31. The molecule has 0 fully saturated rings. The zero-order chi connectivity index (χ0) is 15.1. The third-order valence-corrected chi connectivity index (χ3v) is 3.16. The molecule has 110 valence electrons. The zero-order valence-corrected chi connectivity index (χ0v) is 11.6. The molecule has 0 heterocycles. The average Bonchev–Trinajstić information content (AvgIpc) is 2.52. The Morgan fingerprint density at radius 1 is 1.00 bits per heavy atom. The van der Waals surface area contributed by atoms with E-state index < -0.39 is 12.1 Å². The number of aliphatic hydroxyl groups is 1. The summed E-state index contributed by atoms with van der Waals surface area (Å²) in [4.78, 5) is 10.5. The Kier molecular flexibility index (Phi) is 5.35. The number of carboxylic acids is 1. The minimum Gasteiger partial charge on any atom is -0.489 e. The number of carboxylic acid groups (broad SMARTS) is 1. The van der Waals surface area contributed by atoms with E-state index in [2.05, 4.69) is 0 Å². The molecule has 2 aromatic rings. The fraction of sp³-hybridized carbons (Fsp3) is 0.235. The van der Waals surface area contributed by atoms with Crippen LogP contribution >= 0.6 is 0 Å². The molecule has 0 amide bonds. The first kappa shape index (κ1) is 15.1. The number of hydrogen-bond acceptors (Lipinski definition) is 3. The summed E-state index contributed by atoms with van der Waals surface area (Å²) in [6.07, 6.45) is -0.578. The Balaban J connectivity index is 1.83. The van der Waals surface area contributed by atoms with Crippen LogP contribution in [-0.4, -0.2) is 22.3 Å². The highest BCUT2D eigenvalue weighted by atomic mass is 16.5. The lowest BCUT2D eigenvalue weighted by Crippen LogP contribution is -2.19. The zero-order valence-electron chi connectivity index (χ0n) is 11.6. The molecule has 2 rings (SSSR count).